The molecule has 2 N–H and O–H groups in total. The van der Waals surface area contributed by atoms with E-state index in [1.807, 2.05) is 20.8 Å². The van der Waals surface area contributed by atoms with Gasteiger partial charge in [-0.15, -0.1) is 0 Å². The van der Waals surface area contributed by atoms with Crippen molar-refractivity contribution >= 4 is 6.09 Å². The Morgan fingerprint density at radius 1 is 1.47 bits per heavy atom. The monoisotopic (exact) mass is 242 g/mol. The lowest BCUT2D eigenvalue weighted by Gasteiger charge is -2.40. The molecule has 17 heavy (non-hydrogen) atoms. The maximum Gasteiger partial charge on any atom is 0.410 e. The van der Waals surface area contributed by atoms with Crippen LogP contribution in [0.2, 0.25) is 0 Å². The number of hydrogen-bond donors (Lipinski definition) is 2. The summed E-state index contributed by atoms with van der Waals surface area (Å²) in [5.41, 5.74) is -0.485. The molecule has 0 aromatic rings. The number of nitrogens with one attached hydrogen (secondary N) is 1. The van der Waals surface area contributed by atoms with Crippen molar-refractivity contribution in [1.82, 2.24) is 10.2 Å². The summed E-state index contributed by atoms with van der Waals surface area (Å²) in [5.74, 6) is 0. The second-order valence-electron chi connectivity index (χ2n) is 5.93. The highest BCUT2D eigenvalue weighted by Gasteiger charge is 2.43. The summed E-state index contributed by atoms with van der Waals surface area (Å²) < 4.78 is 5.38. The zero-order chi connectivity index (χ0) is 12.6. The standard InChI is InChI=1S/C12H22N2O3/c1-12(2,3)17-11(16)14-6-8-4-5-9(13-8)10(14)7-15/h8-10,13,15H,4-7H2,1-3H3/t8-,9+,10?/m1/s1. The van der Waals surface area contributed by atoms with Crippen LogP contribution in [-0.2, 0) is 4.74 Å². The third kappa shape index (κ3) is 2.72. The van der Waals surface area contributed by atoms with Crippen LogP contribution >= 0.6 is 0 Å². The fourth-order valence-electron chi connectivity index (χ4n) is 2.64. The third-order valence-corrected chi connectivity index (χ3v) is 3.37. The maximum absolute atomic E-state index is 12.1. The van der Waals surface area contributed by atoms with Crippen molar-refractivity contribution in [2.75, 3.05) is 13.2 Å². The molecule has 2 aliphatic heterocycles. The van der Waals surface area contributed by atoms with Gasteiger partial charge < -0.3 is 15.2 Å². The van der Waals surface area contributed by atoms with E-state index in [-0.39, 0.29) is 24.8 Å². The Morgan fingerprint density at radius 3 is 2.76 bits per heavy atom. The first-order valence-electron chi connectivity index (χ1n) is 6.27. The number of rotatable bonds is 1. The molecule has 0 aliphatic carbocycles. The Bertz CT molecular complexity index is 301. The van der Waals surface area contributed by atoms with E-state index in [1.165, 1.54) is 0 Å². The van der Waals surface area contributed by atoms with E-state index in [4.69, 9.17) is 4.74 Å². The summed E-state index contributed by atoms with van der Waals surface area (Å²) in [6.45, 7) is 6.20. The van der Waals surface area contributed by atoms with Gasteiger partial charge in [0.25, 0.3) is 0 Å². The van der Waals surface area contributed by atoms with Gasteiger partial charge in [-0.25, -0.2) is 4.79 Å². The lowest BCUT2D eigenvalue weighted by molar-refractivity contribution is -0.00368. The van der Waals surface area contributed by atoms with Crippen LogP contribution in [-0.4, -0.2) is 53.0 Å². The van der Waals surface area contributed by atoms with Crippen LogP contribution < -0.4 is 5.32 Å². The van der Waals surface area contributed by atoms with E-state index in [0.29, 0.717) is 12.6 Å². The minimum atomic E-state index is -0.485. The normalized spacial score (nSPS) is 32.7. The zero-order valence-electron chi connectivity index (χ0n) is 10.8. The first-order chi connectivity index (χ1) is 7.90. The Balaban J connectivity index is 2.06. The number of nitrogens with zero attached hydrogens (tertiary/aromatic N) is 1. The summed E-state index contributed by atoms with van der Waals surface area (Å²) in [4.78, 5) is 13.8. The second-order valence-corrected chi connectivity index (χ2v) is 5.93. The number of carbonyl (C=O) groups excluding carboxylic acids is 1. The number of piperazine rings is 1. The highest BCUT2D eigenvalue weighted by Crippen LogP contribution is 2.26. The molecule has 2 fully saturated rings. The van der Waals surface area contributed by atoms with Crippen LogP contribution in [0.1, 0.15) is 33.6 Å². The van der Waals surface area contributed by atoms with Gasteiger partial charge in [-0.05, 0) is 33.6 Å². The number of carbonyl (C=O) groups is 1. The summed E-state index contributed by atoms with van der Waals surface area (Å²) in [7, 11) is 0. The van der Waals surface area contributed by atoms with Crippen molar-refractivity contribution < 1.29 is 14.6 Å². The van der Waals surface area contributed by atoms with E-state index in [1.54, 1.807) is 4.90 Å². The summed E-state index contributed by atoms with van der Waals surface area (Å²) in [5, 5.41) is 12.9. The molecule has 0 aromatic heterocycles. The SMILES string of the molecule is CC(C)(C)OC(=O)N1C[C@H]2CC[C@H](N2)C1CO. The molecule has 2 saturated heterocycles. The average molecular weight is 242 g/mol. The number of ether oxygens (including phenoxy) is 1. The van der Waals surface area contributed by atoms with E-state index in [9.17, 15) is 9.90 Å². The molecule has 0 saturated carbocycles. The first-order valence-corrected chi connectivity index (χ1v) is 6.27. The van der Waals surface area contributed by atoms with Gasteiger partial charge in [-0.3, -0.25) is 4.90 Å². The zero-order valence-corrected chi connectivity index (χ0v) is 10.8. The molecular weight excluding hydrogens is 220 g/mol. The average Bonchev–Trinajstić information content (AvgIpc) is 2.58. The fourth-order valence-corrected chi connectivity index (χ4v) is 2.64. The number of amides is 1. The van der Waals surface area contributed by atoms with Gasteiger partial charge in [-0.2, -0.15) is 0 Å². The molecule has 5 nitrogen and oxygen atoms in total. The third-order valence-electron chi connectivity index (χ3n) is 3.37. The van der Waals surface area contributed by atoms with E-state index >= 15 is 0 Å². The smallest absolute Gasteiger partial charge is 0.410 e. The van der Waals surface area contributed by atoms with Gasteiger partial charge >= 0.3 is 6.09 Å². The van der Waals surface area contributed by atoms with E-state index in [0.717, 1.165) is 12.8 Å². The topological polar surface area (TPSA) is 61.8 Å². The van der Waals surface area contributed by atoms with Crippen molar-refractivity contribution in [2.24, 2.45) is 0 Å². The van der Waals surface area contributed by atoms with Crippen molar-refractivity contribution in [3.8, 4) is 0 Å². The van der Waals surface area contributed by atoms with Gasteiger partial charge in [0.05, 0.1) is 12.6 Å². The van der Waals surface area contributed by atoms with Crippen molar-refractivity contribution in [3.63, 3.8) is 0 Å². The Kier molecular flexibility index (Phi) is 3.32. The number of aliphatic hydroxyl groups excluding tert-OH is 1. The number of fused-ring (bicyclic) bond motifs is 2. The molecule has 1 amide bonds. The molecule has 0 spiro atoms. The molecule has 5 heteroatoms. The molecule has 3 atom stereocenters. The van der Waals surface area contributed by atoms with Crippen LogP contribution in [0, 0.1) is 0 Å². The van der Waals surface area contributed by atoms with Gasteiger partial charge in [0.2, 0.25) is 0 Å². The Labute approximate surface area is 102 Å². The molecule has 0 radical (unpaired) electrons. The summed E-state index contributed by atoms with van der Waals surface area (Å²) in [6, 6.07) is 0.421. The molecule has 2 rings (SSSR count). The number of aliphatic hydroxyl groups is 1. The number of hydrogen-bond acceptors (Lipinski definition) is 4. The minimum Gasteiger partial charge on any atom is -0.444 e. The highest BCUT2D eigenvalue weighted by atomic mass is 16.6. The van der Waals surface area contributed by atoms with Crippen LogP contribution in [0.5, 0.6) is 0 Å². The molecule has 2 heterocycles. The maximum atomic E-state index is 12.1. The summed E-state index contributed by atoms with van der Waals surface area (Å²) in [6.07, 6.45) is 1.78. The molecule has 2 bridgehead atoms. The highest BCUT2D eigenvalue weighted by molar-refractivity contribution is 5.69. The lowest BCUT2D eigenvalue weighted by atomic mass is 10.1. The van der Waals surface area contributed by atoms with Crippen molar-refractivity contribution in [1.29, 1.82) is 0 Å². The van der Waals surface area contributed by atoms with Crippen LogP contribution in [0.15, 0.2) is 0 Å². The quantitative estimate of drug-likeness (QED) is 0.711. The fraction of sp³-hybridized carbons (Fsp3) is 0.917. The van der Waals surface area contributed by atoms with Crippen molar-refractivity contribution in [2.45, 2.75) is 57.3 Å². The number of likely N-dealkylation sites (tertiary alicyclic amines) is 1. The molecule has 98 valence electrons. The van der Waals surface area contributed by atoms with Gasteiger partial charge in [0.1, 0.15) is 5.60 Å². The second kappa shape index (κ2) is 4.46. The Hall–Kier alpha value is -0.810. The Morgan fingerprint density at radius 2 is 2.18 bits per heavy atom. The predicted octanol–water partition coefficient (Wildman–Crippen LogP) is 0.719. The molecule has 1 unspecified atom stereocenters. The molecular formula is C12H22N2O3. The van der Waals surface area contributed by atoms with Gasteiger partial charge in [-0.1, -0.05) is 0 Å². The van der Waals surface area contributed by atoms with Crippen LogP contribution in [0.4, 0.5) is 4.79 Å². The summed E-state index contributed by atoms with van der Waals surface area (Å²) >= 11 is 0. The van der Waals surface area contributed by atoms with E-state index < -0.39 is 5.60 Å². The van der Waals surface area contributed by atoms with Crippen molar-refractivity contribution in [3.05, 3.63) is 0 Å². The molecule has 2 aliphatic rings. The van der Waals surface area contributed by atoms with Crippen LogP contribution in [0.3, 0.4) is 0 Å². The first kappa shape index (κ1) is 12.6. The van der Waals surface area contributed by atoms with Crippen LogP contribution in [0.25, 0.3) is 0 Å². The molecule has 0 aromatic carbocycles. The predicted molar refractivity (Wildman–Crippen MR) is 63.8 cm³/mol. The van der Waals surface area contributed by atoms with Gasteiger partial charge in [0, 0.05) is 18.6 Å². The van der Waals surface area contributed by atoms with E-state index in [2.05, 4.69) is 5.32 Å². The van der Waals surface area contributed by atoms with Gasteiger partial charge in [0.15, 0.2) is 0 Å². The largest absolute Gasteiger partial charge is 0.444 e. The lowest BCUT2D eigenvalue weighted by Crippen LogP contribution is -2.61. The minimum absolute atomic E-state index is 0.0103.